The summed E-state index contributed by atoms with van der Waals surface area (Å²) in [7, 11) is 0. The fourth-order valence-corrected chi connectivity index (χ4v) is 0.618. The van der Waals surface area contributed by atoms with Crippen LogP contribution >= 0.6 is 0 Å². The first-order valence-electron chi connectivity index (χ1n) is 3.56. The van der Waals surface area contributed by atoms with Gasteiger partial charge in [-0.1, -0.05) is 6.92 Å². The lowest BCUT2D eigenvalue weighted by atomic mass is 10.2. The average molecular weight is 145 g/mol. The van der Waals surface area contributed by atoms with Gasteiger partial charge in [0.1, 0.15) is 6.29 Å². The lowest BCUT2D eigenvalue weighted by molar-refractivity contribution is -0.110. The Balaban J connectivity index is 3.51. The standard InChI is InChI=1S/C7H15NO2/c1-3-6(2)8-7(4-9)5-10/h4,6-8,10H,3,5H2,1-2H3/t6?,7-/m1/s1. The second kappa shape index (κ2) is 5.38. The molecule has 3 heteroatoms. The minimum absolute atomic E-state index is 0.117. The molecule has 0 aromatic carbocycles. The van der Waals surface area contributed by atoms with Crippen LogP contribution in [-0.2, 0) is 4.79 Å². The molecule has 0 fully saturated rings. The number of hydrogen-bond donors (Lipinski definition) is 2. The molecule has 0 aliphatic heterocycles. The summed E-state index contributed by atoms with van der Waals surface area (Å²) in [5.41, 5.74) is 0. The molecule has 0 aliphatic carbocycles. The molecule has 0 saturated heterocycles. The molecule has 3 nitrogen and oxygen atoms in total. The van der Waals surface area contributed by atoms with Gasteiger partial charge in [-0.15, -0.1) is 0 Å². The van der Waals surface area contributed by atoms with Crippen molar-refractivity contribution < 1.29 is 9.90 Å². The lowest BCUT2D eigenvalue weighted by Gasteiger charge is -2.14. The Morgan fingerprint density at radius 2 is 2.30 bits per heavy atom. The van der Waals surface area contributed by atoms with E-state index in [1.165, 1.54) is 0 Å². The summed E-state index contributed by atoms with van der Waals surface area (Å²) in [5, 5.41) is 11.5. The van der Waals surface area contributed by atoms with E-state index >= 15 is 0 Å². The van der Waals surface area contributed by atoms with E-state index in [0.717, 1.165) is 12.7 Å². The minimum atomic E-state index is -0.394. The number of carbonyl (C=O) groups excluding carboxylic acids is 1. The van der Waals surface area contributed by atoms with Crippen LogP contribution in [0.25, 0.3) is 0 Å². The van der Waals surface area contributed by atoms with Crippen molar-refractivity contribution in [3.8, 4) is 0 Å². The van der Waals surface area contributed by atoms with Crippen LogP contribution in [0.3, 0.4) is 0 Å². The monoisotopic (exact) mass is 145 g/mol. The van der Waals surface area contributed by atoms with Crippen molar-refractivity contribution in [1.82, 2.24) is 5.32 Å². The minimum Gasteiger partial charge on any atom is -0.394 e. The first-order valence-corrected chi connectivity index (χ1v) is 3.56. The van der Waals surface area contributed by atoms with Crippen molar-refractivity contribution in [2.75, 3.05) is 6.61 Å². The van der Waals surface area contributed by atoms with E-state index < -0.39 is 6.04 Å². The molecule has 0 aromatic rings. The Kier molecular flexibility index (Phi) is 5.16. The summed E-state index contributed by atoms with van der Waals surface area (Å²) in [4.78, 5) is 10.2. The van der Waals surface area contributed by atoms with E-state index in [4.69, 9.17) is 5.11 Å². The van der Waals surface area contributed by atoms with Gasteiger partial charge in [0.05, 0.1) is 12.6 Å². The molecule has 0 radical (unpaired) electrons. The van der Waals surface area contributed by atoms with Crippen LogP contribution in [-0.4, -0.2) is 30.1 Å². The van der Waals surface area contributed by atoms with E-state index in [2.05, 4.69) is 5.32 Å². The molecule has 0 aromatic heterocycles. The Morgan fingerprint density at radius 3 is 2.60 bits per heavy atom. The zero-order valence-electron chi connectivity index (χ0n) is 6.50. The highest BCUT2D eigenvalue weighted by Crippen LogP contribution is 1.89. The van der Waals surface area contributed by atoms with Crippen molar-refractivity contribution in [3.05, 3.63) is 0 Å². The first-order chi connectivity index (χ1) is 4.74. The molecule has 2 atom stereocenters. The average Bonchev–Trinajstić information content (AvgIpc) is 1.99. The van der Waals surface area contributed by atoms with Gasteiger partial charge in [0.2, 0.25) is 0 Å². The fourth-order valence-electron chi connectivity index (χ4n) is 0.618. The fraction of sp³-hybridized carbons (Fsp3) is 0.857. The predicted molar refractivity (Wildman–Crippen MR) is 39.8 cm³/mol. The topological polar surface area (TPSA) is 49.3 Å². The van der Waals surface area contributed by atoms with E-state index in [-0.39, 0.29) is 6.61 Å². The van der Waals surface area contributed by atoms with Crippen LogP contribution < -0.4 is 5.32 Å². The molecule has 60 valence electrons. The number of aldehydes is 1. The Morgan fingerprint density at radius 1 is 1.70 bits per heavy atom. The van der Waals surface area contributed by atoms with E-state index in [1.54, 1.807) is 0 Å². The molecule has 0 aliphatic rings. The van der Waals surface area contributed by atoms with E-state index in [1.807, 2.05) is 13.8 Å². The number of aliphatic hydroxyl groups excluding tert-OH is 1. The summed E-state index contributed by atoms with van der Waals surface area (Å²) < 4.78 is 0. The SMILES string of the molecule is CCC(C)N[C@H](C=O)CO. The van der Waals surface area contributed by atoms with Crippen molar-refractivity contribution >= 4 is 6.29 Å². The second-order valence-corrected chi connectivity index (χ2v) is 2.40. The number of hydrogen-bond acceptors (Lipinski definition) is 3. The van der Waals surface area contributed by atoms with Gasteiger partial charge < -0.3 is 15.2 Å². The second-order valence-electron chi connectivity index (χ2n) is 2.40. The zero-order valence-corrected chi connectivity index (χ0v) is 6.50. The maximum Gasteiger partial charge on any atom is 0.139 e. The molecule has 0 spiro atoms. The predicted octanol–water partition coefficient (Wildman–Crippen LogP) is -0.0657. The van der Waals surface area contributed by atoms with Gasteiger partial charge in [0.15, 0.2) is 0 Å². The summed E-state index contributed by atoms with van der Waals surface area (Å²) >= 11 is 0. The van der Waals surface area contributed by atoms with Gasteiger partial charge >= 0.3 is 0 Å². The van der Waals surface area contributed by atoms with Crippen LogP contribution in [0.15, 0.2) is 0 Å². The van der Waals surface area contributed by atoms with Crippen molar-refractivity contribution in [3.63, 3.8) is 0 Å². The molecular weight excluding hydrogens is 130 g/mol. The summed E-state index contributed by atoms with van der Waals surface area (Å²) in [6, 6.07) is -0.0997. The number of aliphatic hydroxyl groups is 1. The maximum atomic E-state index is 10.2. The van der Waals surface area contributed by atoms with Crippen molar-refractivity contribution in [1.29, 1.82) is 0 Å². The quantitative estimate of drug-likeness (QED) is 0.533. The molecule has 0 heterocycles. The van der Waals surface area contributed by atoms with Gasteiger partial charge in [0.25, 0.3) is 0 Å². The zero-order chi connectivity index (χ0) is 7.98. The Bertz CT molecular complexity index is 95.6. The molecule has 1 unspecified atom stereocenters. The third-order valence-electron chi connectivity index (χ3n) is 1.47. The number of nitrogens with one attached hydrogen (secondary N) is 1. The lowest BCUT2D eigenvalue weighted by Crippen LogP contribution is -2.39. The first kappa shape index (κ1) is 9.59. The van der Waals surface area contributed by atoms with E-state index in [9.17, 15) is 4.79 Å². The molecule has 2 N–H and O–H groups in total. The number of carbonyl (C=O) groups is 1. The molecular formula is C7H15NO2. The smallest absolute Gasteiger partial charge is 0.139 e. The highest BCUT2D eigenvalue weighted by atomic mass is 16.3. The van der Waals surface area contributed by atoms with Gasteiger partial charge in [-0.25, -0.2) is 0 Å². The maximum absolute atomic E-state index is 10.2. The molecule has 10 heavy (non-hydrogen) atoms. The van der Waals surface area contributed by atoms with Gasteiger partial charge in [-0.2, -0.15) is 0 Å². The van der Waals surface area contributed by atoms with Gasteiger partial charge in [-0.05, 0) is 13.3 Å². The summed E-state index contributed by atoms with van der Waals surface area (Å²) in [6.07, 6.45) is 1.69. The van der Waals surface area contributed by atoms with Gasteiger partial charge in [0, 0.05) is 6.04 Å². The molecule has 0 saturated carbocycles. The molecule has 0 bridgehead atoms. The Labute approximate surface area is 61.4 Å². The van der Waals surface area contributed by atoms with Crippen LogP contribution in [0.4, 0.5) is 0 Å². The largest absolute Gasteiger partial charge is 0.394 e. The molecule has 0 rings (SSSR count). The summed E-state index contributed by atoms with van der Waals surface area (Å²) in [6.45, 7) is 3.89. The van der Waals surface area contributed by atoms with Crippen LogP contribution in [0.5, 0.6) is 0 Å². The van der Waals surface area contributed by atoms with Crippen LogP contribution in [0.1, 0.15) is 20.3 Å². The summed E-state index contributed by atoms with van der Waals surface area (Å²) in [5.74, 6) is 0. The normalized spacial score (nSPS) is 16.3. The highest BCUT2D eigenvalue weighted by molar-refractivity contribution is 5.57. The van der Waals surface area contributed by atoms with Crippen molar-refractivity contribution in [2.24, 2.45) is 0 Å². The number of rotatable bonds is 5. The van der Waals surface area contributed by atoms with Crippen LogP contribution in [0.2, 0.25) is 0 Å². The van der Waals surface area contributed by atoms with Gasteiger partial charge in [-0.3, -0.25) is 0 Å². The Hall–Kier alpha value is -0.410. The van der Waals surface area contributed by atoms with E-state index in [0.29, 0.717) is 6.04 Å². The third kappa shape index (κ3) is 3.58. The third-order valence-corrected chi connectivity index (χ3v) is 1.47. The van der Waals surface area contributed by atoms with Crippen LogP contribution in [0, 0.1) is 0 Å². The highest BCUT2D eigenvalue weighted by Gasteiger charge is 2.06. The van der Waals surface area contributed by atoms with Crippen molar-refractivity contribution in [2.45, 2.75) is 32.4 Å². The molecule has 0 amide bonds.